The Bertz CT molecular complexity index is 1280. The van der Waals surface area contributed by atoms with Crippen LogP contribution >= 0.6 is 11.3 Å². The highest BCUT2D eigenvalue weighted by atomic mass is 32.1. The molecule has 0 unspecified atom stereocenters. The summed E-state index contributed by atoms with van der Waals surface area (Å²) in [5.41, 5.74) is 6.00. The Kier molecular flexibility index (Phi) is 5.86. The van der Waals surface area contributed by atoms with Gasteiger partial charge in [-0.15, -0.1) is 11.3 Å². The SMILES string of the molecule is Cc1ccc(NC(=O)CCc2c(C)[nH]n(-c3nc(-c4ccccc4)cs3)c2=O)c(C)c1. The third-order valence-electron chi connectivity index (χ3n) is 5.20. The van der Waals surface area contributed by atoms with Crippen molar-refractivity contribution in [1.82, 2.24) is 14.8 Å². The lowest BCUT2D eigenvalue weighted by molar-refractivity contribution is -0.116. The fraction of sp³-hybridized carbons (Fsp3) is 0.208. The molecule has 4 rings (SSSR count). The van der Waals surface area contributed by atoms with E-state index >= 15 is 0 Å². The van der Waals surface area contributed by atoms with E-state index in [1.54, 1.807) is 0 Å². The van der Waals surface area contributed by atoms with Gasteiger partial charge in [0.2, 0.25) is 11.0 Å². The van der Waals surface area contributed by atoms with E-state index < -0.39 is 0 Å². The molecule has 0 aliphatic heterocycles. The van der Waals surface area contributed by atoms with Crippen molar-refractivity contribution in [2.45, 2.75) is 33.6 Å². The summed E-state index contributed by atoms with van der Waals surface area (Å²) in [6.45, 7) is 5.83. The molecule has 0 radical (unpaired) electrons. The van der Waals surface area contributed by atoms with Crippen LogP contribution in [0.2, 0.25) is 0 Å². The first-order valence-corrected chi connectivity index (χ1v) is 11.0. The average Bonchev–Trinajstić information content (AvgIpc) is 3.34. The average molecular weight is 433 g/mol. The molecular formula is C24H24N4O2S. The maximum Gasteiger partial charge on any atom is 0.276 e. The molecule has 0 spiro atoms. The summed E-state index contributed by atoms with van der Waals surface area (Å²) in [6, 6.07) is 15.8. The summed E-state index contributed by atoms with van der Waals surface area (Å²) in [4.78, 5) is 30.0. The number of benzene rings is 2. The minimum absolute atomic E-state index is 0.112. The van der Waals surface area contributed by atoms with Crippen molar-refractivity contribution >= 4 is 22.9 Å². The van der Waals surface area contributed by atoms with Crippen LogP contribution in [0.5, 0.6) is 0 Å². The maximum absolute atomic E-state index is 13.0. The Hall–Kier alpha value is -3.45. The zero-order valence-corrected chi connectivity index (χ0v) is 18.5. The summed E-state index contributed by atoms with van der Waals surface area (Å²) < 4.78 is 1.46. The lowest BCUT2D eigenvalue weighted by Crippen LogP contribution is -2.19. The van der Waals surface area contributed by atoms with Crippen molar-refractivity contribution in [1.29, 1.82) is 0 Å². The van der Waals surface area contributed by atoms with Crippen molar-refractivity contribution < 1.29 is 4.79 Å². The van der Waals surface area contributed by atoms with E-state index in [1.807, 2.05) is 74.7 Å². The van der Waals surface area contributed by atoms with Gasteiger partial charge < -0.3 is 5.32 Å². The molecule has 2 N–H and O–H groups in total. The molecule has 0 aliphatic rings. The zero-order valence-electron chi connectivity index (χ0n) is 17.7. The molecule has 0 atom stereocenters. The Morgan fingerprint density at radius 3 is 2.65 bits per heavy atom. The van der Waals surface area contributed by atoms with Crippen molar-refractivity contribution in [2.75, 3.05) is 5.32 Å². The summed E-state index contributed by atoms with van der Waals surface area (Å²) in [5.74, 6) is -0.112. The molecule has 2 aromatic heterocycles. The van der Waals surface area contributed by atoms with E-state index in [0.29, 0.717) is 17.1 Å². The van der Waals surface area contributed by atoms with Crippen LogP contribution in [0.25, 0.3) is 16.4 Å². The summed E-state index contributed by atoms with van der Waals surface area (Å²) in [6.07, 6.45) is 0.593. The third-order valence-corrected chi connectivity index (χ3v) is 6.03. The van der Waals surface area contributed by atoms with E-state index in [2.05, 4.69) is 15.4 Å². The standard InChI is InChI=1S/C24H24N4O2S/c1-15-9-11-20(16(2)13-15)25-22(29)12-10-19-17(3)27-28(23(19)30)24-26-21(14-31-24)18-7-5-4-6-8-18/h4-9,11,13-14,27H,10,12H2,1-3H3,(H,25,29). The maximum atomic E-state index is 13.0. The highest BCUT2D eigenvalue weighted by Crippen LogP contribution is 2.23. The van der Waals surface area contributed by atoms with E-state index in [0.717, 1.165) is 33.8 Å². The highest BCUT2D eigenvalue weighted by Gasteiger charge is 2.16. The minimum atomic E-state index is -0.161. The number of hydrogen-bond donors (Lipinski definition) is 2. The first-order valence-electron chi connectivity index (χ1n) is 10.1. The number of aromatic nitrogens is 3. The fourth-order valence-electron chi connectivity index (χ4n) is 3.52. The van der Waals surface area contributed by atoms with Crippen LogP contribution in [0.3, 0.4) is 0 Å². The number of carbonyl (C=O) groups excluding carboxylic acids is 1. The summed E-state index contributed by atoms with van der Waals surface area (Å²) >= 11 is 1.40. The molecule has 4 aromatic rings. The van der Waals surface area contributed by atoms with Crippen LogP contribution in [-0.4, -0.2) is 20.7 Å². The van der Waals surface area contributed by atoms with E-state index in [9.17, 15) is 9.59 Å². The van der Waals surface area contributed by atoms with E-state index in [1.165, 1.54) is 16.0 Å². The largest absolute Gasteiger partial charge is 0.326 e. The number of rotatable bonds is 6. The number of amides is 1. The summed E-state index contributed by atoms with van der Waals surface area (Å²) in [7, 11) is 0. The molecular weight excluding hydrogens is 408 g/mol. The number of anilines is 1. The number of aryl methyl sites for hydroxylation is 3. The van der Waals surface area contributed by atoms with Crippen LogP contribution in [0.1, 0.15) is 28.8 Å². The lowest BCUT2D eigenvalue weighted by atomic mass is 10.1. The molecule has 2 heterocycles. The van der Waals surface area contributed by atoms with Crippen LogP contribution in [0, 0.1) is 20.8 Å². The normalized spacial score (nSPS) is 10.9. The molecule has 31 heavy (non-hydrogen) atoms. The Balaban J connectivity index is 1.48. The van der Waals surface area contributed by atoms with Gasteiger partial charge in [0.1, 0.15) is 0 Å². The number of nitrogens with one attached hydrogen (secondary N) is 2. The second-order valence-electron chi connectivity index (χ2n) is 7.60. The van der Waals surface area contributed by atoms with Gasteiger partial charge in [0.15, 0.2) is 0 Å². The predicted molar refractivity (Wildman–Crippen MR) is 125 cm³/mol. The smallest absolute Gasteiger partial charge is 0.276 e. The van der Waals surface area contributed by atoms with Crippen LogP contribution in [-0.2, 0) is 11.2 Å². The van der Waals surface area contributed by atoms with Gasteiger partial charge in [-0.25, -0.2) is 4.98 Å². The molecule has 0 fully saturated rings. The molecule has 0 aliphatic carbocycles. The van der Waals surface area contributed by atoms with Crippen molar-refractivity contribution in [2.24, 2.45) is 0 Å². The molecule has 0 saturated carbocycles. The monoisotopic (exact) mass is 432 g/mol. The van der Waals surface area contributed by atoms with Gasteiger partial charge in [0.05, 0.1) is 5.69 Å². The fourth-order valence-corrected chi connectivity index (χ4v) is 4.31. The second-order valence-corrected chi connectivity index (χ2v) is 8.44. The quantitative estimate of drug-likeness (QED) is 0.460. The Morgan fingerprint density at radius 1 is 1.13 bits per heavy atom. The number of carbonyl (C=O) groups is 1. The van der Waals surface area contributed by atoms with Gasteiger partial charge in [-0.2, -0.15) is 4.68 Å². The Morgan fingerprint density at radius 2 is 1.90 bits per heavy atom. The van der Waals surface area contributed by atoms with E-state index in [4.69, 9.17) is 0 Å². The number of nitrogens with zero attached hydrogens (tertiary/aromatic N) is 2. The first kappa shape index (κ1) is 20.8. The first-order chi connectivity index (χ1) is 14.9. The second kappa shape index (κ2) is 8.73. The van der Waals surface area contributed by atoms with Crippen LogP contribution < -0.4 is 10.9 Å². The third kappa shape index (κ3) is 4.51. The topological polar surface area (TPSA) is 79.8 Å². The van der Waals surface area contributed by atoms with Gasteiger partial charge in [-0.3, -0.25) is 14.7 Å². The highest BCUT2D eigenvalue weighted by molar-refractivity contribution is 7.12. The lowest BCUT2D eigenvalue weighted by Gasteiger charge is -2.08. The summed E-state index contributed by atoms with van der Waals surface area (Å²) in [5, 5.41) is 8.56. The van der Waals surface area contributed by atoms with Crippen molar-refractivity contribution in [3.63, 3.8) is 0 Å². The number of thiazole rings is 1. The van der Waals surface area contributed by atoms with Crippen LogP contribution in [0.4, 0.5) is 5.69 Å². The number of hydrogen-bond acceptors (Lipinski definition) is 4. The number of H-pyrrole nitrogens is 1. The molecule has 7 heteroatoms. The van der Waals surface area contributed by atoms with E-state index in [-0.39, 0.29) is 17.9 Å². The molecule has 158 valence electrons. The van der Waals surface area contributed by atoms with Crippen LogP contribution in [0.15, 0.2) is 58.7 Å². The van der Waals surface area contributed by atoms with Gasteiger partial charge in [0.25, 0.3) is 5.56 Å². The van der Waals surface area contributed by atoms with Crippen molar-refractivity contribution in [3.05, 3.63) is 86.6 Å². The molecule has 6 nitrogen and oxygen atoms in total. The molecule has 1 amide bonds. The Labute approximate surface area is 184 Å². The predicted octanol–water partition coefficient (Wildman–Crippen LogP) is 4.79. The molecule has 2 aromatic carbocycles. The van der Waals surface area contributed by atoms with Crippen molar-refractivity contribution in [3.8, 4) is 16.4 Å². The van der Waals surface area contributed by atoms with Gasteiger partial charge in [-0.1, -0.05) is 48.0 Å². The van der Waals surface area contributed by atoms with Gasteiger partial charge >= 0.3 is 0 Å². The van der Waals surface area contributed by atoms with Gasteiger partial charge in [-0.05, 0) is 38.8 Å². The zero-order chi connectivity index (χ0) is 22.0. The minimum Gasteiger partial charge on any atom is -0.326 e. The van der Waals surface area contributed by atoms with Gasteiger partial charge in [0, 0.05) is 34.3 Å². The number of aromatic amines is 1. The molecule has 0 saturated heterocycles. The molecule has 0 bridgehead atoms.